The highest BCUT2D eigenvalue weighted by Crippen LogP contribution is 2.29. The second-order valence-electron chi connectivity index (χ2n) is 6.82. The van der Waals surface area contributed by atoms with E-state index >= 15 is 0 Å². The molecule has 2 fully saturated rings. The van der Waals surface area contributed by atoms with Crippen LogP contribution in [0.1, 0.15) is 32.6 Å². The van der Waals surface area contributed by atoms with Crippen molar-refractivity contribution < 1.29 is 21.6 Å². The third-order valence-corrected chi connectivity index (χ3v) is 9.13. The molecule has 0 unspecified atom stereocenters. The van der Waals surface area contributed by atoms with Gasteiger partial charge in [0.1, 0.15) is 5.75 Å². The van der Waals surface area contributed by atoms with Crippen molar-refractivity contribution in [2.24, 2.45) is 0 Å². The van der Waals surface area contributed by atoms with E-state index < -0.39 is 31.0 Å². The maximum atomic E-state index is 13.0. The Balaban J connectivity index is 1.84. The molecule has 1 aromatic carbocycles. The lowest BCUT2D eigenvalue weighted by molar-refractivity contribution is 0.340. The molecule has 1 N–H and O–H groups in total. The number of nitrogens with one attached hydrogen (secondary N) is 1. The largest absolute Gasteiger partial charge is 0.494 e. The predicted octanol–water partition coefficient (Wildman–Crippen LogP) is 1.56. The molecule has 2 atom stereocenters. The van der Waals surface area contributed by atoms with Crippen molar-refractivity contribution in [3.63, 3.8) is 0 Å². The minimum Gasteiger partial charge on any atom is -0.494 e. The number of benzene rings is 1. The molecule has 0 spiro atoms. The van der Waals surface area contributed by atoms with Gasteiger partial charge in [-0.15, -0.1) is 0 Å². The lowest BCUT2D eigenvalue weighted by Crippen LogP contribution is -2.47. The zero-order chi connectivity index (χ0) is 18.1. The van der Waals surface area contributed by atoms with E-state index in [0.29, 0.717) is 12.4 Å². The lowest BCUT2D eigenvalue weighted by Gasteiger charge is -2.23. The second-order valence-corrected chi connectivity index (χ2v) is 11.1. The summed E-state index contributed by atoms with van der Waals surface area (Å²) in [4.78, 5) is 0.149. The maximum Gasteiger partial charge on any atom is 0.183 e. The van der Waals surface area contributed by atoms with Gasteiger partial charge in [-0.1, -0.05) is 12.8 Å². The Morgan fingerprint density at radius 2 is 1.76 bits per heavy atom. The highest BCUT2D eigenvalue weighted by Gasteiger charge is 2.46. The van der Waals surface area contributed by atoms with Crippen LogP contribution in [0.3, 0.4) is 0 Å². The van der Waals surface area contributed by atoms with E-state index in [1.807, 2.05) is 6.92 Å². The first-order valence-corrected chi connectivity index (χ1v) is 12.1. The minimum absolute atomic E-state index is 0.107. The number of hydrogen-bond acceptors (Lipinski definition) is 6. The SMILES string of the molecule is CCOc1ccc(S(=O)(=O)[C@H]2CS(=O)(=O)C[C@@H]2NC2CCCC2)cc1. The van der Waals surface area contributed by atoms with Gasteiger partial charge in [0.2, 0.25) is 0 Å². The Bertz CT molecular complexity index is 796. The van der Waals surface area contributed by atoms with Crippen molar-refractivity contribution in [2.75, 3.05) is 18.1 Å². The maximum absolute atomic E-state index is 13.0. The monoisotopic (exact) mass is 387 g/mol. The van der Waals surface area contributed by atoms with Crippen LogP contribution in [0.2, 0.25) is 0 Å². The first kappa shape index (κ1) is 18.7. The van der Waals surface area contributed by atoms with Gasteiger partial charge >= 0.3 is 0 Å². The fraction of sp³-hybridized carbons (Fsp3) is 0.647. The van der Waals surface area contributed by atoms with Gasteiger partial charge in [0.15, 0.2) is 19.7 Å². The molecule has 25 heavy (non-hydrogen) atoms. The van der Waals surface area contributed by atoms with Crippen molar-refractivity contribution in [3.8, 4) is 5.75 Å². The topological polar surface area (TPSA) is 89.5 Å². The molecule has 3 rings (SSSR count). The van der Waals surface area contributed by atoms with Crippen molar-refractivity contribution in [1.82, 2.24) is 5.32 Å². The fourth-order valence-corrected chi connectivity index (χ4v) is 8.42. The Morgan fingerprint density at radius 3 is 2.36 bits per heavy atom. The molecule has 1 aliphatic heterocycles. The van der Waals surface area contributed by atoms with Gasteiger partial charge < -0.3 is 10.1 Å². The summed E-state index contributed by atoms with van der Waals surface area (Å²) in [7, 11) is -7.09. The van der Waals surface area contributed by atoms with Gasteiger partial charge in [0.25, 0.3) is 0 Å². The van der Waals surface area contributed by atoms with Crippen LogP contribution in [-0.2, 0) is 19.7 Å². The standard InChI is InChI=1S/C17H25NO5S2/c1-2-23-14-7-9-15(10-8-14)25(21,22)17-12-24(19,20)11-16(17)18-13-5-3-4-6-13/h7-10,13,16-18H,2-6,11-12H2,1H3/t16-,17-/m0/s1. The van der Waals surface area contributed by atoms with E-state index in [2.05, 4.69) is 5.32 Å². The van der Waals surface area contributed by atoms with Gasteiger partial charge in [0.05, 0.1) is 28.3 Å². The van der Waals surface area contributed by atoms with Crippen molar-refractivity contribution in [3.05, 3.63) is 24.3 Å². The number of hydrogen-bond donors (Lipinski definition) is 1. The molecule has 1 aromatic rings. The number of sulfone groups is 2. The van der Waals surface area contributed by atoms with E-state index in [1.54, 1.807) is 12.1 Å². The van der Waals surface area contributed by atoms with E-state index in [-0.39, 0.29) is 22.4 Å². The van der Waals surface area contributed by atoms with Crippen LogP contribution in [0, 0.1) is 0 Å². The van der Waals surface area contributed by atoms with Crippen LogP contribution < -0.4 is 10.1 Å². The van der Waals surface area contributed by atoms with Crippen molar-refractivity contribution in [1.29, 1.82) is 0 Å². The molecule has 1 saturated carbocycles. The number of ether oxygens (including phenoxy) is 1. The van der Waals surface area contributed by atoms with Gasteiger partial charge in [-0.05, 0) is 44.0 Å². The van der Waals surface area contributed by atoms with Crippen molar-refractivity contribution >= 4 is 19.7 Å². The molecule has 0 bridgehead atoms. The van der Waals surface area contributed by atoms with Crippen molar-refractivity contribution in [2.45, 2.75) is 54.8 Å². The van der Waals surface area contributed by atoms with Crippen LogP contribution >= 0.6 is 0 Å². The van der Waals surface area contributed by atoms with Gasteiger partial charge in [-0.2, -0.15) is 0 Å². The fourth-order valence-electron chi connectivity index (χ4n) is 3.74. The summed E-state index contributed by atoms with van der Waals surface area (Å²) in [6.07, 6.45) is 4.17. The molecule has 140 valence electrons. The molecule has 0 aromatic heterocycles. The smallest absolute Gasteiger partial charge is 0.183 e. The minimum atomic E-state index is -3.73. The van der Waals surface area contributed by atoms with Crippen LogP contribution in [0.5, 0.6) is 5.75 Å². The number of rotatable bonds is 6. The zero-order valence-electron chi connectivity index (χ0n) is 14.3. The van der Waals surface area contributed by atoms with Gasteiger partial charge in [0, 0.05) is 12.1 Å². The van der Waals surface area contributed by atoms with Crippen LogP contribution in [0.4, 0.5) is 0 Å². The summed E-state index contributed by atoms with van der Waals surface area (Å²) in [6.45, 7) is 2.35. The summed E-state index contributed by atoms with van der Waals surface area (Å²) >= 11 is 0. The average molecular weight is 388 g/mol. The van der Waals surface area contributed by atoms with E-state index in [9.17, 15) is 16.8 Å². The Morgan fingerprint density at radius 1 is 1.12 bits per heavy atom. The predicted molar refractivity (Wildman–Crippen MR) is 96.4 cm³/mol. The quantitative estimate of drug-likeness (QED) is 0.797. The van der Waals surface area contributed by atoms with E-state index in [1.165, 1.54) is 12.1 Å². The van der Waals surface area contributed by atoms with E-state index in [0.717, 1.165) is 25.7 Å². The Kier molecular flexibility index (Phi) is 5.41. The molecule has 0 radical (unpaired) electrons. The molecular formula is C17H25NO5S2. The zero-order valence-corrected chi connectivity index (χ0v) is 16.0. The average Bonchev–Trinajstić information content (AvgIpc) is 3.16. The third-order valence-electron chi connectivity index (χ3n) is 4.97. The lowest BCUT2D eigenvalue weighted by atomic mass is 10.2. The second kappa shape index (κ2) is 7.25. The van der Waals surface area contributed by atoms with Gasteiger partial charge in [-0.3, -0.25) is 0 Å². The molecule has 8 heteroatoms. The highest BCUT2D eigenvalue weighted by atomic mass is 32.2. The Hall–Kier alpha value is -1.12. The first-order chi connectivity index (χ1) is 11.8. The normalized spacial score (nSPS) is 26.8. The molecule has 1 heterocycles. The summed E-state index contributed by atoms with van der Waals surface area (Å²) in [5.74, 6) is 0.179. The van der Waals surface area contributed by atoms with Gasteiger partial charge in [-0.25, -0.2) is 16.8 Å². The molecule has 1 aliphatic carbocycles. The molecule has 6 nitrogen and oxygen atoms in total. The molecule has 0 amide bonds. The summed E-state index contributed by atoms with van der Waals surface area (Å²) in [5, 5.41) is 2.37. The third kappa shape index (κ3) is 4.17. The van der Waals surface area contributed by atoms with Crippen LogP contribution in [-0.4, -0.2) is 52.3 Å². The van der Waals surface area contributed by atoms with Crippen LogP contribution in [0.15, 0.2) is 29.2 Å². The summed E-state index contributed by atoms with van der Waals surface area (Å²) in [5.41, 5.74) is 0. The first-order valence-electron chi connectivity index (χ1n) is 8.75. The molecular weight excluding hydrogens is 362 g/mol. The summed E-state index contributed by atoms with van der Waals surface area (Å²) < 4.78 is 55.6. The van der Waals surface area contributed by atoms with E-state index in [4.69, 9.17) is 4.74 Å². The molecule has 1 saturated heterocycles. The molecule has 2 aliphatic rings. The summed E-state index contributed by atoms with van der Waals surface area (Å²) in [6, 6.07) is 5.90. The Labute approximate surface area is 149 Å². The highest BCUT2D eigenvalue weighted by molar-refractivity contribution is 7.96. The van der Waals surface area contributed by atoms with Crippen LogP contribution in [0.25, 0.3) is 0 Å².